The molecule has 1 unspecified atom stereocenters. The first-order valence-corrected chi connectivity index (χ1v) is 6.14. The zero-order chi connectivity index (χ0) is 11.4. The largest absolute Gasteiger partial charge is 0.312 e. The summed E-state index contributed by atoms with van der Waals surface area (Å²) >= 11 is 0. The number of H-pyrrole nitrogens is 1. The molecule has 1 aliphatic rings. The minimum absolute atomic E-state index is 0.811. The Hall–Kier alpha value is -0.870. The Bertz CT molecular complexity index is 321. The fraction of sp³-hybridized carbons (Fsp3) is 0.750. The summed E-state index contributed by atoms with van der Waals surface area (Å²) < 4.78 is 0. The monoisotopic (exact) mass is 222 g/mol. The lowest BCUT2D eigenvalue weighted by molar-refractivity contribution is 0.206. The van der Waals surface area contributed by atoms with Crippen LogP contribution in [0, 0.1) is 12.8 Å². The van der Waals surface area contributed by atoms with E-state index >= 15 is 0 Å². The van der Waals surface area contributed by atoms with Crippen molar-refractivity contribution in [2.45, 2.75) is 26.3 Å². The minimum Gasteiger partial charge on any atom is -0.312 e. The van der Waals surface area contributed by atoms with Gasteiger partial charge in [-0.1, -0.05) is 0 Å². The highest BCUT2D eigenvalue weighted by Gasteiger charge is 2.16. The molecule has 0 amide bonds. The van der Waals surface area contributed by atoms with E-state index in [4.69, 9.17) is 0 Å². The molecule has 1 atom stereocenters. The third-order valence-electron chi connectivity index (χ3n) is 3.40. The van der Waals surface area contributed by atoms with Crippen LogP contribution in [0.2, 0.25) is 0 Å². The van der Waals surface area contributed by atoms with Gasteiger partial charge in [-0.15, -0.1) is 0 Å². The van der Waals surface area contributed by atoms with E-state index in [1.54, 1.807) is 0 Å². The number of nitrogens with one attached hydrogen (secondary N) is 2. The second kappa shape index (κ2) is 5.46. The van der Waals surface area contributed by atoms with Gasteiger partial charge < -0.3 is 10.2 Å². The molecular formula is C12H22N4. The zero-order valence-electron chi connectivity index (χ0n) is 10.3. The fourth-order valence-corrected chi connectivity index (χ4v) is 2.40. The van der Waals surface area contributed by atoms with Crippen molar-refractivity contribution in [1.29, 1.82) is 0 Å². The van der Waals surface area contributed by atoms with Gasteiger partial charge in [-0.3, -0.25) is 5.10 Å². The number of likely N-dealkylation sites (tertiary alicyclic amines) is 1. The Morgan fingerprint density at radius 2 is 2.50 bits per heavy atom. The second-order valence-electron chi connectivity index (χ2n) is 4.92. The van der Waals surface area contributed by atoms with Crippen LogP contribution in [0.15, 0.2) is 6.20 Å². The highest BCUT2D eigenvalue weighted by molar-refractivity contribution is 5.13. The number of rotatable bonds is 4. The molecule has 4 nitrogen and oxygen atoms in total. The van der Waals surface area contributed by atoms with Crippen molar-refractivity contribution in [2.75, 3.05) is 26.7 Å². The van der Waals surface area contributed by atoms with Gasteiger partial charge in [0.2, 0.25) is 0 Å². The maximum absolute atomic E-state index is 4.03. The van der Waals surface area contributed by atoms with Crippen molar-refractivity contribution in [3.8, 4) is 0 Å². The zero-order valence-corrected chi connectivity index (χ0v) is 10.3. The number of piperidine rings is 1. The second-order valence-corrected chi connectivity index (χ2v) is 4.92. The molecule has 1 fully saturated rings. The van der Waals surface area contributed by atoms with Crippen LogP contribution in [0.4, 0.5) is 0 Å². The van der Waals surface area contributed by atoms with Gasteiger partial charge in [-0.25, -0.2) is 0 Å². The Labute approximate surface area is 97.4 Å². The van der Waals surface area contributed by atoms with E-state index in [-0.39, 0.29) is 0 Å². The lowest BCUT2D eigenvalue weighted by atomic mass is 9.98. The Kier molecular flexibility index (Phi) is 3.96. The standard InChI is InChI=1S/C12H22N4/c1-10-12(8-14-15-10)7-13-6-11-4-3-5-16(2)9-11/h8,11,13H,3-7,9H2,1-2H3,(H,14,15). The smallest absolute Gasteiger partial charge is 0.0535 e. The summed E-state index contributed by atoms with van der Waals surface area (Å²) in [6.45, 7) is 6.62. The van der Waals surface area contributed by atoms with Crippen molar-refractivity contribution in [1.82, 2.24) is 20.4 Å². The number of hydrogen-bond donors (Lipinski definition) is 2. The van der Waals surface area contributed by atoms with Crippen LogP contribution < -0.4 is 5.32 Å². The van der Waals surface area contributed by atoms with E-state index in [0.717, 1.165) is 19.0 Å². The summed E-state index contributed by atoms with van der Waals surface area (Å²) in [6, 6.07) is 0. The van der Waals surface area contributed by atoms with Crippen LogP contribution in [0.1, 0.15) is 24.1 Å². The van der Waals surface area contributed by atoms with E-state index in [9.17, 15) is 0 Å². The first-order valence-electron chi connectivity index (χ1n) is 6.14. The minimum atomic E-state index is 0.811. The molecule has 2 rings (SSSR count). The third kappa shape index (κ3) is 3.06. The molecular weight excluding hydrogens is 200 g/mol. The lowest BCUT2D eigenvalue weighted by Gasteiger charge is -2.29. The predicted molar refractivity (Wildman–Crippen MR) is 65.3 cm³/mol. The molecule has 1 aromatic heterocycles. The number of nitrogens with zero attached hydrogens (tertiary/aromatic N) is 2. The number of aromatic nitrogens is 2. The molecule has 90 valence electrons. The van der Waals surface area contributed by atoms with E-state index in [1.165, 1.54) is 37.2 Å². The van der Waals surface area contributed by atoms with E-state index in [1.807, 2.05) is 6.20 Å². The van der Waals surface area contributed by atoms with Crippen molar-refractivity contribution in [3.05, 3.63) is 17.5 Å². The maximum Gasteiger partial charge on any atom is 0.0535 e. The Morgan fingerprint density at radius 3 is 3.19 bits per heavy atom. The predicted octanol–water partition coefficient (Wildman–Crippen LogP) is 1.15. The van der Waals surface area contributed by atoms with Gasteiger partial charge in [0.15, 0.2) is 0 Å². The van der Waals surface area contributed by atoms with Gasteiger partial charge in [-0.05, 0) is 45.8 Å². The molecule has 0 aromatic carbocycles. The van der Waals surface area contributed by atoms with Gasteiger partial charge in [0.1, 0.15) is 0 Å². The highest BCUT2D eigenvalue weighted by atomic mass is 15.1. The molecule has 2 heterocycles. The van der Waals surface area contributed by atoms with Gasteiger partial charge in [0, 0.05) is 24.3 Å². The number of aryl methyl sites for hydroxylation is 1. The highest BCUT2D eigenvalue weighted by Crippen LogP contribution is 2.14. The number of aromatic amines is 1. The van der Waals surface area contributed by atoms with Crippen molar-refractivity contribution >= 4 is 0 Å². The van der Waals surface area contributed by atoms with Crippen LogP contribution in [0.5, 0.6) is 0 Å². The summed E-state index contributed by atoms with van der Waals surface area (Å²) in [5, 5.41) is 10.5. The van der Waals surface area contributed by atoms with Crippen molar-refractivity contribution < 1.29 is 0 Å². The normalized spacial score (nSPS) is 22.5. The molecule has 2 N–H and O–H groups in total. The molecule has 0 aliphatic carbocycles. The molecule has 16 heavy (non-hydrogen) atoms. The summed E-state index contributed by atoms with van der Waals surface area (Å²) in [7, 11) is 2.21. The molecule has 4 heteroatoms. The molecule has 0 bridgehead atoms. The summed E-state index contributed by atoms with van der Waals surface area (Å²) in [5.74, 6) is 0.811. The van der Waals surface area contributed by atoms with E-state index in [0.29, 0.717) is 0 Å². The van der Waals surface area contributed by atoms with Gasteiger partial charge in [0.25, 0.3) is 0 Å². The lowest BCUT2D eigenvalue weighted by Crippen LogP contribution is -2.37. The SMILES string of the molecule is Cc1[nH]ncc1CNCC1CCCN(C)C1. The van der Waals surface area contributed by atoms with Gasteiger partial charge in [-0.2, -0.15) is 5.10 Å². The van der Waals surface area contributed by atoms with Gasteiger partial charge in [0.05, 0.1) is 6.20 Å². The molecule has 0 spiro atoms. The van der Waals surface area contributed by atoms with Crippen LogP contribution in [0.3, 0.4) is 0 Å². The van der Waals surface area contributed by atoms with E-state index in [2.05, 4.69) is 34.4 Å². The fourth-order valence-electron chi connectivity index (χ4n) is 2.40. The molecule has 0 saturated carbocycles. The molecule has 1 aliphatic heterocycles. The Morgan fingerprint density at radius 1 is 1.62 bits per heavy atom. The van der Waals surface area contributed by atoms with Crippen LogP contribution in [0.25, 0.3) is 0 Å². The quantitative estimate of drug-likeness (QED) is 0.803. The Balaban J connectivity index is 1.70. The number of hydrogen-bond acceptors (Lipinski definition) is 3. The summed E-state index contributed by atoms with van der Waals surface area (Å²) in [6.07, 6.45) is 4.62. The summed E-state index contributed by atoms with van der Waals surface area (Å²) in [5.41, 5.74) is 2.46. The first-order chi connectivity index (χ1) is 7.75. The summed E-state index contributed by atoms with van der Waals surface area (Å²) in [4.78, 5) is 2.43. The molecule has 1 saturated heterocycles. The average molecular weight is 222 g/mol. The van der Waals surface area contributed by atoms with Crippen LogP contribution in [-0.2, 0) is 6.54 Å². The van der Waals surface area contributed by atoms with Crippen molar-refractivity contribution in [2.24, 2.45) is 5.92 Å². The first kappa shape index (κ1) is 11.6. The van der Waals surface area contributed by atoms with Gasteiger partial charge >= 0.3 is 0 Å². The van der Waals surface area contributed by atoms with Crippen LogP contribution in [-0.4, -0.2) is 41.8 Å². The molecule has 0 radical (unpaired) electrons. The maximum atomic E-state index is 4.03. The topological polar surface area (TPSA) is 44.0 Å². The van der Waals surface area contributed by atoms with E-state index < -0.39 is 0 Å². The average Bonchev–Trinajstić information content (AvgIpc) is 2.65. The van der Waals surface area contributed by atoms with Crippen molar-refractivity contribution in [3.63, 3.8) is 0 Å². The third-order valence-corrected chi connectivity index (χ3v) is 3.40. The molecule has 1 aromatic rings. The van der Waals surface area contributed by atoms with Crippen LogP contribution >= 0.6 is 0 Å².